The van der Waals surface area contributed by atoms with Crippen molar-refractivity contribution in [2.24, 2.45) is 0 Å². The van der Waals surface area contributed by atoms with Crippen LogP contribution in [0.5, 0.6) is 0 Å². The number of aliphatic carboxylic acids is 1. The van der Waals surface area contributed by atoms with Gasteiger partial charge in [-0.1, -0.05) is 6.07 Å². The second-order valence-corrected chi connectivity index (χ2v) is 4.48. The maximum absolute atomic E-state index is 10.8. The molecule has 0 saturated carbocycles. The van der Waals surface area contributed by atoms with Crippen molar-refractivity contribution in [3.8, 4) is 6.07 Å². The summed E-state index contributed by atoms with van der Waals surface area (Å²) in [6.45, 7) is 0. The molecule has 0 fully saturated rings. The second-order valence-electron chi connectivity index (χ2n) is 4.48. The molecule has 1 heterocycles. The summed E-state index contributed by atoms with van der Waals surface area (Å²) in [5, 5.41) is 18.5. The Balaban J connectivity index is 2.48. The first-order valence-electron chi connectivity index (χ1n) is 5.94. The number of benzene rings is 1. The number of carboxylic acids is 1. The Kier molecular flexibility index (Phi) is 3.67. The summed E-state index contributed by atoms with van der Waals surface area (Å²) >= 11 is 0. The van der Waals surface area contributed by atoms with Crippen LogP contribution in [0.2, 0.25) is 0 Å². The van der Waals surface area contributed by atoms with Crippen LogP contribution in [0.1, 0.15) is 5.69 Å². The lowest BCUT2D eigenvalue weighted by Gasteiger charge is -2.12. The van der Waals surface area contributed by atoms with Crippen molar-refractivity contribution in [1.82, 2.24) is 4.98 Å². The van der Waals surface area contributed by atoms with Gasteiger partial charge in [-0.3, -0.25) is 0 Å². The van der Waals surface area contributed by atoms with E-state index in [1.807, 2.05) is 43.3 Å². The SMILES string of the molecule is CN(C)c1ccc2nc(/C=C(\C#N)C(=O)O)ccc2c1. The van der Waals surface area contributed by atoms with Gasteiger partial charge in [-0.15, -0.1) is 0 Å². The third kappa shape index (κ3) is 2.75. The van der Waals surface area contributed by atoms with Crippen LogP contribution in [0.25, 0.3) is 17.0 Å². The number of fused-ring (bicyclic) bond motifs is 1. The van der Waals surface area contributed by atoms with E-state index in [0.717, 1.165) is 16.6 Å². The van der Waals surface area contributed by atoms with Crippen molar-refractivity contribution in [2.75, 3.05) is 19.0 Å². The maximum atomic E-state index is 10.8. The van der Waals surface area contributed by atoms with Crippen molar-refractivity contribution in [3.05, 3.63) is 41.6 Å². The summed E-state index contributed by atoms with van der Waals surface area (Å²) in [4.78, 5) is 17.1. The molecule has 0 aliphatic heterocycles. The fourth-order valence-electron chi connectivity index (χ4n) is 1.78. The minimum absolute atomic E-state index is 0.332. The molecule has 0 bridgehead atoms. The first kappa shape index (κ1) is 13.6. The van der Waals surface area contributed by atoms with Gasteiger partial charge in [-0.05, 0) is 30.3 Å². The van der Waals surface area contributed by atoms with Gasteiger partial charge < -0.3 is 10.0 Å². The first-order chi connectivity index (χ1) is 9.51. The highest BCUT2D eigenvalue weighted by Crippen LogP contribution is 2.20. The average Bonchev–Trinajstić information content (AvgIpc) is 2.43. The van der Waals surface area contributed by atoms with E-state index in [0.29, 0.717) is 5.69 Å². The standard InChI is InChI=1S/C15H13N3O2/c1-18(2)13-5-6-14-10(8-13)3-4-12(17-14)7-11(9-16)15(19)20/h3-8H,1-2H3,(H,19,20)/b11-7+. The van der Waals surface area contributed by atoms with E-state index in [4.69, 9.17) is 10.4 Å². The molecule has 2 rings (SSSR count). The van der Waals surface area contributed by atoms with Crippen molar-refractivity contribution >= 4 is 28.6 Å². The van der Waals surface area contributed by atoms with Gasteiger partial charge in [0.1, 0.15) is 11.6 Å². The van der Waals surface area contributed by atoms with Gasteiger partial charge >= 0.3 is 5.97 Å². The predicted molar refractivity (Wildman–Crippen MR) is 77.3 cm³/mol. The largest absolute Gasteiger partial charge is 0.477 e. The molecule has 1 aromatic heterocycles. The van der Waals surface area contributed by atoms with E-state index in [-0.39, 0.29) is 5.57 Å². The van der Waals surface area contributed by atoms with Gasteiger partial charge in [0, 0.05) is 25.2 Å². The van der Waals surface area contributed by atoms with E-state index >= 15 is 0 Å². The molecule has 0 aliphatic rings. The topological polar surface area (TPSA) is 77.2 Å². The number of anilines is 1. The zero-order chi connectivity index (χ0) is 14.7. The number of hydrogen-bond acceptors (Lipinski definition) is 4. The molecule has 0 radical (unpaired) electrons. The number of rotatable bonds is 3. The van der Waals surface area contributed by atoms with Gasteiger partial charge in [0.25, 0.3) is 0 Å². The second kappa shape index (κ2) is 5.41. The molecular weight excluding hydrogens is 254 g/mol. The summed E-state index contributed by atoms with van der Waals surface area (Å²) in [6, 6.07) is 11.0. The normalized spacial score (nSPS) is 11.2. The highest BCUT2D eigenvalue weighted by atomic mass is 16.4. The van der Waals surface area contributed by atoms with E-state index in [2.05, 4.69) is 4.98 Å². The molecule has 5 nitrogen and oxygen atoms in total. The van der Waals surface area contributed by atoms with Crippen LogP contribution < -0.4 is 4.90 Å². The maximum Gasteiger partial charge on any atom is 0.346 e. The van der Waals surface area contributed by atoms with E-state index < -0.39 is 5.97 Å². The van der Waals surface area contributed by atoms with E-state index in [9.17, 15) is 4.79 Å². The van der Waals surface area contributed by atoms with Crippen molar-refractivity contribution in [1.29, 1.82) is 5.26 Å². The molecule has 1 N–H and O–H groups in total. The average molecular weight is 267 g/mol. The monoisotopic (exact) mass is 267 g/mol. The fourth-order valence-corrected chi connectivity index (χ4v) is 1.78. The zero-order valence-electron chi connectivity index (χ0n) is 11.2. The minimum Gasteiger partial charge on any atom is -0.477 e. The minimum atomic E-state index is -1.25. The lowest BCUT2D eigenvalue weighted by atomic mass is 10.1. The molecule has 0 unspecified atom stereocenters. The van der Waals surface area contributed by atoms with Crippen molar-refractivity contribution < 1.29 is 9.90 Å². The molecule has 100 valence electrons. The lowest BCUT2D eigenvalue weighted by Crippen LogP contribution is -2.08. The summed E-state index contributed by atoms with van der Waals surface area (Å²) in [7, 11) is 3.91. The Morgan fingerprint density at radius 2 is 2.10 bits per heavy atom. The van der Waals surface area contributed by atoms with Crippen LogP contribution >= 0.6 is 0 Å². The number of carboxylic acid groups (broad SMARTS) is 1. The molecule has 1 aromatic carbocycles. The molecule has 0 saturated heterocycles. The van der Waals surface area contributed by atoms with Crippen LogP contribution in [-0.4, -0.2) is 30.2 Å². The van der Waals surface area contributed by atoms with Gasteiger partial charge in [0.15, 0.2) is 0 Å². The van der Waals surface area contributed by atoms with E-state index in [1.54, 1.807) is 12.1 Å². The number of carbonyl (C=O) groups is 1. The van der Waals surface area contributed by atoms with Crippen molar-refractivity contribution in [3.63, 3.8) is 0 Å². The first-order valence-corrected chi connectivity index (χ1v) is 5.94. The van der Waals surface area contributed by atoms with Crippen LogP contribution in [0.15, 0.2) is 35.9 Å². The molecule has 0 aliphatic carbocycles. The Labute approximate surface area is 116 Å². The number of hydrogen-bond donors (Lipinski definition) is 1. The van der Waals surface area contributed by atoms with Crippen LogP contribution in [0.3, 0.4) is 0 Å². The smallest absolute Gasteiger partial charge is 0.346 e. The number of nitriles is 1. The molecule has 0 amide bonds. The fraction of sp³-hybridized carbons (Fsp3) is 0.133. The zero-order valence-corrected chi connectivity index (χ0v) is 11.2. The Bertz CT molecular complexity index is 742. The van der Waals surface area contributed by atoms with E-state index in [1.165, 1.54) is 6.08 Å². The van der Waals surface area contributed by atoms with Crippen LogP contribution in [0, 0.1) is 11.3 Å². The summed E-state index contributed by atoms with van der Waals surface area (Å²) in [5.74, 6) is -1.25. The quantitative estimate of drug-likeness (QED) is 0.682. The van der Waals surface area contributed by atoms with Gasteiger partial charge in [-0.25, -0.2) is 9.78 Å². The third-order valence-corrected chi connectivity index (χ3v) is 2.85. The Hall–Kier alpha value is -2.87. The highest BCUT2D eigenvalue weighted by Gasteiger charge is 2.07. The summed E-state index contributed by atoms with van der Waals surface area (Å²) in [6.07, 6.45) is 1.27. The van der Waals surface area contributed by atoms with Gasteiger partial charge in [0.2, 0.25) is 0 Å². The molecular formula is C15H13N3O2. The lowest BCUT2D eigenvalue weighted by molar-refractivity contribution is -0.132. The van der Waals surface area contributed by atoms with Crippen LogP contribution in [0.4, 0.5) is 5.69 Å². The molecule has 0 spiro atoms. The molecule has 0 atom stereocenters. The predicted octanol–water partition coefficient (Wildman–Crippen LogP) is 2.29. The molecule has 5 heteroatoms. The van der Waals surface area contributed by atoms with Crippen LogP contribution in [-0.2, 0) is 4.79 Å². The Morgan fingerprint density at radius 1 is 1.35 bits per heavy atom. The summed E-state index contributed by atoms with van der Waals surface area (Å²) in [5.41, 5.74) is 1.94. The number of nitrogens with zero attached hydrogens (tertiary/aromatic N) is 3. The molecule has 2 aromatic rings. The third-order valence-electron chi connectivity index (χ3n) is 2.85. The van der Waals surface area contributed by atoms with Gasteiger partial charge in [-0.2, -0.15) is 5.26 Å². The highest BCUT2D eigenvalue weighted by molar-refractivity contribution is 5.96. The Morgan fingerprint density at radius 3 is 2.70 bits per heavy atom. The number of aromatic nitrogens is 1. The number of pyridine rings is 1. The van der Waals surface area contributed by atoms with Gasteiger partial charge in [0.05, 0.1) is 11.2 Å². The molecule has 20 heavy (non-hydrogen) atoms. The summed E-state index contributed by atoms with van der Waals surface area (Å²) < 4.78 is 0. The van der Waals surface area contributed by atoms with Crippen molar-refractivity contribution in [2.45, 2.75) is 0 Å².